The summed E-state index contributed by atoms with van der Waals surface area (Å²) in [5.74, 6) is 0.166. The van der Waals surface area contributed by atoms with Crippen molar-refractivity contribution in [1.29, 1.82) is 0 Å². The van der Waals surface area contributed by atoms with Crippen molar-refractivity contribution >= 4 is 17.6 Å². The Hall–Kier alpha value is -1.26. The fraction of sp³-hybridized carbons (Fsp3) is 0.533. The van der Waals surface area contributed by atoms with E-state index in [1.165, 1.54) is 0 Å². The first-order valence-electron chi connectivity index (χ1n) is 6.90. The smallest absolute Gasteiger partial charge is 0.317 e. The minimum atomic E-state index is -0.777. The molecule has 1 aromatic rings. The molecule has 1 atom stereocenters. The zero-order valence-electron chi connectivity index (χ0n) is 11.5. The summed E-state index contributed by atoms with van der Waals surface area (Å²) in [5, 5.41) is 9.65. The second-order valence-corrected chi connectivity index (χ2v) is 6.29. The van der Waals surface area contributed by atoms with Crippen molar-refractivity contribution in [3.63, 3.8) is 0 Å². The molecule has 0 aromatic heterocycles. The van der Waals surface area contributed by atoms with Gasteiger partial charge in [0.15, 0.2) is 0 Å². The van der Waals surface area contributed by atoms with Gasteiger partial charge in [0.1, 0.15) is 11.4 Å². The fourth-order valence-corrected chi connectivity index (χ4v) is 3.60. The average molecular weight is 296 g/mol. The first-order valence-corrected chi connectivity index (χ1v) is 7.27. The van der Waals surface area contributed by atoms with Crippen LogP contribution in [0.2, 0.25) is 5.02 Å². The summed E-state index contributed by atoms with van der Waals surface area (Å²) < 4.78 is 6.28. The monoisotopic (exact) mass is 295 g/mol. The van der Waals surface area contributed by atoms with Crippen molar-refractivity contribution in [3.8, 4) is 5.75 Å². The van der Waals surface area contributed by atoms with Gasteiger partial charge in [-0.15, -0.1) is 0 Å². The summed E-state index contributed by atoms with van der Waals surface area (Å²) >= 11 is 6.08. The molecule has 1 fully saturated rings. The van der Waals surface area contributed by atoms with E-state index in [9.17, 15) is 4.79 Å². The lowest BCUT2D eigenvalue weighted by Gasteiger charge is -2.36. The summed E-state index contributed by atoms with van der Waals surface area (Å²) in [4.78, 5) is 12.8. The second-order valence-electron chi connectivity index (χ2n) is 5.85. The molecule has 108 valence electrons. The lowest BCUT2D eigenvalue weighted by molar-refractivity contribution is -0.138. The lowest BCUT2D eigenvalue weighted by atomic mass is 9.89. The summed E-state index contributed by atoms with van der Waals surface area (Å²) in [6.45, 7) is 3.58. The molecule has 4 nitrogen and oxygen atoms in total. The van der Waals surface area contributed by atoms with E-state index in [4.69, 9.17) is 21.4 Å². The standard InChI is InChI=1S/C15H18ClNO3/c1-10-6-12(16)7-11-2-3-15(20-14(10)11)4-5-17(9-15)8-13(18)19/h6-7H,2-5,8-9H2,1H3,(H,18,19). The van der Waals surface area contributed by atoms with Crippen molar-refractivity contribution in [2.75, 3.05) is 19.6 Å². The molecule has 2 heterocycles. The molecular formula is C15H18ClNO3. The molecule has 1 N–H and O–H groups in total. The van der Waals surface area contributed by atoms with Gasteiger partial charge in [-0.2, -0.15) is 0 Å². The molecule has 0 bridgehead atoms. The number of benzene rings is 1. The highest BCUT2D eigenvalue weighted by atomic mass is 35.5. The number of rotatable bonds is 2. The quantitative estimate of drug-likeness (QED) is 0.911. The van der Waals surface area contributed by atoms with Crippen LogP contribution in [0.15, 0.2) is 12.1 Å². The third-order valence-electron chi connectivity index (χ3n) is 4.24. The minimum Gasteiger partial charge on any atom is -0.485 e. The van der Waals surface area contributed by atoms with Crippen molar-refractivity contribution in [1.82, 2.24) is 4.90 Å². The average Bonchev–Trinajstić information content (AvgIpc) is 2.73. The Morgan fingerprint density at radius 2 is 2.30 bits per heavy atom. The molecule has 1 saturated heterocycles. The number of hydrogen-bond acceptors (Lipinski definition) is 3. The number of halogens is 1. The fourth-order valence-electron chi connectivity index (χ4n) is 3.30. The summed E-state index contributed by atoms with van der Waals surface area (Å²) in [5.41, 5.74) is 2.00. The van der Waals surface area contributed by atoms with Gasteiger partial charge in [0.25, 0.3) is 0 Å². The first kappa shape index (κ1) is 13.7. The largest absolute Gasteiger partial charge is 0.485 e. The van der Waals surface area contributed by atoms with Crippen molar-refractivity contribution < 1.29 is 14.6 Å². The molecule has 0 radical (unpaired) electrons. The molecule has 0 aliphatic carbocycles. The number of aliphatic carboxylic acids is 1. The molecule has 1 unspecified atom stereocenters. The Morgan fingerprint density at radius 3 is 3.05 bits per heavy atom. The van der Waals surface area contributed by atoms with E-state index >= 15 is 0 Å². The van der Waals surface area contributed by atoms with E-state index in [2.05, 4.69) is 0 Å². The van der Waals surface area contributed by atoms with E-state index in [0.29, 0.717) is 6.54 Å². The highest BCUT2D eigenvalue weighted by Crippen LogP contribution is 2.41. The summed E-state index contributed by atoms with van der Waals surface area (Å²) in [6.07, 6.45) is 2.76. The maximum Gasteiger partial charge on any atom is 0.317 e. The Morgan fingerprint density at radius 1 is 1.50 bits per heavy atom. The van der Waals surface area contributed by atoms with Gasteiger partial charge in [0.2, 0.25) is 0 Å². The third-order valence-corrected chi connectivity index (χ3v) is 4.46. The normalized spacial score (nSPS) is 25.5. The topological polar surface area (TPSA) is 49.8 Å². The highest BCUT2D eigenvalue weighted by Gasteiger charge is 2.43. The van der Waals surface area contributed by atoms with E-state index in [1.54, 1.807) is 0 Å². The summed E-state index contributed by atoms with van der Waals surface area (Å²) in [7, 11) is 0. The number of carbonyl (C=O) groups is 1. The van der Waals surface area contributed by atoms with Crippen LogP contribution in [0.3, 0.4) is 0 Å². The Labute approximate surface area is 123 Å². The van der Waals surface area contributed by atoms with E-state index < -0.39 is 5.97 Å². The molecular weight excluding hydrogens is 278 g/mol. The van der Waals surface area contributed by atoms with Gasteiger partial charge in [-0.25, -0.2) is 0 Å². The van der Waals surface area contributed by atoms with Crippen molar-refractivity contribution in [3.05, 3.63) is 28.3 Å². The highest BCUT2D eigenvalue weighted by molar-refractivity contribution is 6.30. The Kier molecular flexibility index (Phi) is 3.38. The van der Waals surface area contributed by atoms with Crippen molar-refractivity contribution in [2.45, 2.75) is 31.8 Å². The van der Waals surface area contributed by atoms with E-state index in [0.717, 1.165) is 47.7 Å². The van der Waals surface area contributed by atoms with Gasteiger partial charge in [0, 0.05) is 24.5 Å². The number of hydrogen-bond donors (Lipinski definition) is 1. The van der Waals surface area contributed by atoms with Crippen LogP contribution in [0.1, 0.15) is 24.0 Å². The number of fused-ring (bicyclic) bond motifs is 1. The lowest BCUT2D eigenvalue weighted by Crippen LogP contribution is -2.43. The summed E-state index contributed by atoms with van der Waals surface area (Å²) in [6, 6.07) is 3.89. The zero-order chi connectivity index (χ0) is 14.3. The molecule has 1 aromatic carbocycles. The van der Waals surface area contributed by atoms with Gasteiger partial charge in [-0.1, -0.05) is 11.6 Å². The molecule has 3 rings (SSSR count). The van der Waals surface area contributed by atoms with Crippen LogP contribution in [0.5, 0.6) is 5.75 Å². The molecule has 20 heavy (non-hydrogen) atoms. The van der Waals surface area contributed by atoms with Crippen LogP contribution < -0.4 is 4.74 Å². The van der Waals surface area contributed by atoms with Crippen LogP contribution in [-0.2, 0) is 11.2 Å². The number of aryl methyl sites for hydroxylation is 2. The molecule has 2 aliphatic heterocycles. The number of carboxylic acid groups (broad SMARTS) is 1. The molecule has 5 heteroatoms. The SMILES string of the molecule is Cc1cc(Cl)cc2c1OC1(CC2)CCN(CC(=O)O)C1. The van der Waals surface area contributed by atoms with Crippen LogP contribution >= 0.6 is 11.6 Å². The Balaban J connectivity index is 1.80. The van der Waals surface area contributed by atoms with Crippen LogP contribution in [0, 0.1) is 6.92 Å². The molecule has 1 spiro atoms. The predicted octanol–water partition coefficient (Wildman–Crippen LogP) is 2.50. The number of ether oxygens (including phenoxy) is 1. The maximum atomic E-state index is 10.8. The second kappa shape index (κ2) is 4.93. The van der Waals surface area contributed by atoms with Crippen LogP contribution in [-0.4, -0.2) is 41.2 Å². The third kappa shape index (κ3) is 2.50. The number of nitrogens with zero attached hydrogens (tertiary/aromatic N) is 1. The van der Waals surface area contributed by atoms with E-state index in [-0.39, 0.29) is 12.1 Å². The predicted molar refractivity (Wildman–Crippen MR) is 76.6 cm³/mol. The minimum absolute atomic E-state index is 0.0948. The molecule has 2 aliphatic rings. The Bertz CT molecular complexity index is 560. The van der Waals surface area contributed by atoms with Crippen LogP contribution in [0.25, 0.3) is 0 Å². The molecule has 0 saturated carbocycles. The van der Waals surface area contributed by atoms with Gasteiger partial charge in [-0.05, 0) is 43.0 Å². The van der Waals surface area contributed by atoms with Crippen molar-refractivity contribution in [2.24, 2.45) is 0 Å². The van der Waals surface area contributed by atoms with Gasteiger partial charge >= 0.3 is 5.97 Å². The van der Waals surface area contributed by atoms with Crippen LogP contribution in [0.4, 0.5) is 0 Å². The zero-order valence-corrected chi connectivity index (χ0v) is 12.2. The van der Waals surface area contributed by atoms with Gasteiger partial charge in [-0.3, -0.25) is 9.69 Å². The maximum absolute atomic E-state index is 10.8. The van der Waals surface area contributed by atoms with Gasteiger partial charge in [0.05, 0.1) is 6.54 Å². The van der Waals surface area contributed by atoms with Gasteiger partial charge < -0.3 is 9.84 Å². The number of carboxylic acids is 1. The number of likely N-dealkylation sites (tertiary alicyclic amines) is 1. The first-order chi connectivity index (χ1) is 9.47. The van der Waals surface area contributed by atoms with E-state index in [1.807, 2.05) is 24.0 Å². The molecule has 0 amide bonds.